The monoisotopic (exact) mass is 323 g/mol. The molecule has 2 N–H and O–H groups in total. The normalized spacial score (nSPS) is 16.5. The second kappa shape index (κ2) is 5.56. The third-order valence-electron chi connectivity index (χ3n) is 4.45. The van der Waals surface area contributed by atoms with Gasteiger partial charge in [-0.2, -0.15) is 5.10 Å². The Morgan fingerprint density at radius 3 is 3.08 bits per heavy atom. The van der Waals surface area contributed by atoms with Crippen LogP contribution < -0.4 is 10.1 Å². The number of carboxylic acid groups (broad SMARTS) is 1. The van der Waals surface area contributed by atoms with Gasteiger partial charge in [0.05, 0.1) is 24.4 Å². The first kappa shape index (κ1) is 14.6. The Bertz CT molecular complexity index is 932. The number of aryl methyl sites for hydroxylation is 1. The van der Waals surface area contributed by atoms with Gasteiger partial charge in [0.2, 0.25) is 0 Å². The summed E-state index contributed by atoms with van der Waals surface area (Å²) in [7, 11) is 1.92. The number of aromatic nitrogens is 2. The fourth-order valence-corrected chi connectivity index (χ4v) is 3.29. The van der Waals surface area contributed by atoms with E-state index in [0.717, 1.165) is 33.3 Å². The summed E-state index contributed by atoms with van der Waals surface area (Å²) in [6.07, 6.45) is 1.48. The van der Waals surface area contributed by atoms with E-state index in [2.05, 4.69) is 16.5 Å². The quantitative estimate of drug-likeness (QED) is 0.758. The lowest BCUT2D eigenvalue weighted by atomic mass is 9.95. The van der Waals surface area contributed by atoms with Crippen LogP contribution in [0.1, 0.15) is 18.0 Å². The minimum atomic E-state index is -1.02. The molecule has 24 heavy (non-hydrogen) atoms. The molecule has 0 fully saturated rings. The van der Waals surface area contributed by atoms with Crippen LogP contribution >= 0.6 is 0 Å². The smallest absolute Gasteiger partial charge is 0.405 e. The van der Waals surface area contributed by atoms with Crippen LogP contribution in [0.3, 0.4) is 0 Å². The number of fused-ring (bicyclic) bond motifs is 2. The maximum absolute atomic E-state index is 11.0. The predicted octanol–water partition coefficient (Wildman–Crippen LogP) is 3.33. The highest BCUT2D eigenvalue weighted by Crippen LogP contribution is 2.37. The summed E-state index contributed by atoms with van der Waals surface area (Å²) in [5, 5.41) is 16.9. The summed E-state index contributed by atoms with van der Waals surface area (Å²) in [6, 6.07) is 11.8. The molecule has 2 aromatic carbocycles. The van der Waals surface area contributed by atoms with E-state index in [0.29, 0.717) is 13.0 Å². The molecule has 3 aromatic rings. The van der Waals surface area contributed by atoms with Crippen LogP contribution in [0.25, 0.3) is 22.0 Å². The molecule has 1 aromatic heterocycles. The van der Waals surface area contributed by atoms with Crippen molar-refractivity contribution in [3.8, 4) is 16.9 Å². The number of carbonyl (C=O) groups is 1. The van der Waals surface area contributed by atoms with E-state index in [-0.39, 0.29) is 6.04 Å². The standard InChI is InChI=1S/C18H17N3O3/c1-21-16-4-2-3-12(14(16)10-19-21)11-5-6-13-15(20-18(22)23)7-8-24-17(13)9-11/h2-6,9-10,15,20H,7-8H2,1H3,(H,22,23). The van der Waals surface area contributed by atoms with Gasteiger partial charge in [-0.3, -0.25) is 4.68 Å². The fraction of sp³-hybridized carbons (Fsp3) is 0.222. The molecule has 0 bridgehead atoms. The van der Waals surface area contributed by atoms with Crippen LogP contribution in [0.5, 0.6) is 5.75 Å². The van der Waals surface area contributed by atoms with E-state index in [1.54, 1.807) is 0 Å². The Morgan fingerprint density at radius 2 is 2.25 bits per heavy atom. The largest absolute Gasteiger partial charge is 0.493 e. The predicted molar refractivity (Wildman–Crippen MR) is 90.2 cm³/mol. The van der Waals surface area contributed by atoms with Crippen molar-refractivity contribution in [2.45, 2.75) is 12.5 Å². The number of hydrogen-bond donors (Lipinski definition) is 2. The average Bonchev–Trinajstić information content (AvgIpc) is 2.96. The Hall–Kier alpha value is -3.02. The van der Waals surface area contributed by atoms with Crippen molar-refractivity contribution in [1.82, 2.24) is 15.1 Å². The first-order chi connectivity index (χ1) is 11.6. The van der Waals surface area contributed by atoms with E-state index in [1.807, 2.05) is 48.3 Å². The highest BCUT2D eigenvalue weighted by Gasteiger charge is 2.23. The van der Waals surface area contributed by atoms with Crippen molar-refractivity contribution >= 4 is 17.0 Å². The lowest BCUT2D eigenvalue weighted by Gasteiger charge is -2.26. The number of nitrogens with zero attached hydrogens (tertiary/aromatic N) is 2. The van der Waals surface area contributed by atoms with Gasteiger partial charge in [-0.05, 0) is 23.3 Å². The molecule has 0 saturated carbocycles. The second-order valence-corrected chi connectivity index (χ2v) is 5.90. The van der Waals surface area contributed by atoms with Crippen LogP contribution in [-0.2, 0) is 7.05 Å². The van der Waals surface area contributed by atoms with Crippen LogP contribution in [0.2, 0.25) is 0 Å². The molecular weight excluding hydrogens is 306 g/mol. The van der Waals surface area contributed by atoms with Gasteiger partial charge in [-0.1, -0.05) is 24.3 Å². The van der Waals surface area contributed by atoms with Gasteiger partial charge < -0.3 is 15.2 Å². The van der Waals surface area contributed by atoms with Crippen molar-refractivity contribution in [2.24, 2.45) is 7.05 Å². The molecule has 0 saturated heterocycles. The summed E-state index contributed by atoms with van der Waals surface area (Å²) in [5.41, 5.74) is 4.06. The number of amides is 1. The summed E-state index contributed by atoms with van der Waals surface area (Å²) in [6.45, 7) is 0.499. The summed E-state index contributed by atoms with van der Waals surface area (Å²) in [5.74, 6) is 0.735. The molecule has 0 spiro atoms. The topological polar surface area (TPSA) is 76.4 Å². The van der Waals surface area contributed by atoms with Gasteiger partial charge in [0.25, 0.3) is 0 Å². The highest BCUT2D eigenvalue weighted by atomic mass is 16.5. The van der Waals surface area contributed by atoms with Gasteiger partial charge in [0, 0.05) is 24.4 Å². The van der Waals surface area contributed by atoms with E-state index in [9.17, 15) is 4.79 Å². The number of rotatable bonds is 2. The van der Waals surface area contributed by atoms with Crippen LogP contribution in [0, 0.1) is 0 Å². The average molecular weight is 323 g/mol. The zero-order chi connectivity index (χ0) is 16.7. The van der Waals surface area contributed by atoms with Crippen molar-refractivity contribution < 1.29 is 14.6 Å². The molecule has 2 heterocycles. The van der Waals surface area contributed by atoms with Crippen molar-refractivity contribution in [1.29, 1.82) is 0 Å². The second-order valence-electron chi connectivity index (χ2n) is 5.90. The van der Waals surface area contributed by atoms with Gasteiger partial charge in [-0.15, -0.1) is 0 Å². The minimum Gasteiger partial charge on any atom is -0.493 e. The third-order valence-corrected chi connectivity index (χ3v) is 4.45. The molecule has 6 nitrogen and oxygen atoms in total. The lowest BCUT2D eigenvalue weighted by molar-refractivity contribution is 0.182. The van der Waals surface area contributed by atoms with E-state index in [1.165, 1.54) is 0 Å². The Morgan fingerprint density at radius 1 is 1.38 bits per heavy atom. The Kier molecular flexibility index (Phi) is 3.37. The van der Waals surface area contributed by atoms with Gasteiger partial charge in [-0.25, -0.2) is 4.79 Å². The molecule has 1 aliphatic heterocycles. The van der Waals surface area contributed by atoms with Gasteiger partial charge >= 0.3 is 6.09 Å². The first-order valence-corrected chi connectivity index (χ1v) is 7.81. The zero-order valence-electron chi connectivity index (χ0n) is 13.2. The minimum absolute atomic E-state index is 0.227. The SMILES string of the molecule is Cn1ncc2c(-c3ccc4c(c3)OCCC4NC(=O)O)cccc21. The summed E-state index contributed by atoms with van der Waals surface area (Å²) >= 11 is 0. The maximum Gasteiger partial charge on any atom is 0.405 e. The van der Waals surface area contributed by atoms with E-state index < -0.39 is 6.09 Å². The Balaban J connectivity index is 1.79. The zero-order valence-corrected chi connectivity index (χ0v) is 13.2. The Labute approximate surface area is 138 Å². The summed E-state index contributed by atoms with van der Waals surface area (Å²) in [4.78, 5) is 11.0. The molecule has 6 heteroatoms. The molecule has 0 radical (unpaired) electrons. The molecule has 1 aliphatic rings. The molecule has 4 rings (SSSR count). The summed E-state index contributed by atoms with van der Waals surface area (Å²) < 4.78 is 7.61. The third kappa shape index (κ3) is 2.36. The fourth-order valence-electron chi connectivity index (χ4n) is 3.29. The number of hydrogen-bond acceptors (Lipinski definition) is 3. The maximum atomic E-state index is 11.0. The van der Waals surface area contributed by atoms with Gasteiger partial charge in [0.1, 0.15) is 5.75 Å². The van der Waals surface area contributed by atoms with Crippen molar-refractivity contribution in [3.63, 3.8) is 0 Å². The molecule has 1 atom stereocenters. The molecule has 1 amide bonds. The van der Waals surface area contributed by atoms with Crippen molar-refractivity contribution in [2.75, 3.05) is 6.61 Å². The number of benzene rings is 2. The lowest BCUT2D eigenvalue weighted by Crippen LogP contribution is -2.30. The van der Waals surface area contributed by atoms with Gasteiger partial charge in [0.15, 0.2) is 0 Å². The highest BCUT2D eigenvalue weighted by molar-refractivity contribution is 5.94. The molecule has 1 unspecified atom stereocenters. The van der Waals surface area contributed by atoms with Crippen LogP contribution in [0.4, 0.5) is 4.79 Å². The molecule has 122 valence electrons. The molecular formula is C18H17N3O3. The van der Waals surface area contributed by atoms with Crippen LogP contribution in [-0.4, -0.2) is 27.6 Å². The van der Waals surface area contributed by atoms with Crippen LogP contribution in [0.15, 0.2) is 42.6 Å². The van der Waals surface area contributed by atoms with E-state index in [4.69, 9.17) is 9.84 Å². The van der Waals surface area contributed by atoms with Crippen molar-refractivity contribution in [3.05, 3.63) is 48.2 Å². The number of nitrogens with one attached hydrogen (secondary N) is 1. The van der Waals surface area contributed by atoms with E-state index >= 15 is 0 Å². The number of ether oxygens (including phenoxy) is 1. The first-order valence-electron chi connectivity index (χ1n) is 7.81. The molecule has 0 aliphatic carbocycles.